The molecule has 0 atom stereocenters. The number of amides is 1. The number of likely N-dealkylation sites (N-methyl/N-ethyl adjacent to an activating group) is 1. The molecule has 4 rings (SSSR count). The van der Waals surface area contributed by atoms with E-state index in [0.29, 0.717) is 44.4 Å². The third-order valence-electron chi connectivity index (χ3n) is 6.74. The van der Waals surface area contributed by atoms with Crippen LogP contribution in [0.4, 0.5) is 0 Å². The number of carbonyl (C=O) groups is 1. The van der Waals surface area contributed by atoms with E-state index in [4.69, 9.17) is 9.47 Å². The van der Waals surface area contributed by atoms with Gasteiger partial charge in [0.05, 0.1) is 13.2 Å². The number of ether oxygens (including phenoxy) is 2. The number of fused-ring (bicyclic) bond motifs is 3. The molecule has 190 valence electrons. The van der Waals surface area contributed by atoms with E-state index in [0.717, 1.165) is 30.8 Å². The van der Waals surface area contributed by atoms with Crippen molar-refractivity contribution in [1.82, 2.24) is 9.80 Å². The van der Waals surface area contributed by atoms with Gasteiger partial charge < -0.3 is 14.4 Å². The summed E-state index contributed by atoms with van der Waals surface area (Å²) in [6, 6.07) is 25.3. The van der Waals surface area contributed by atoms with Gasteiger partial charge in [-0.3, -0.25) is 9.69 Å². The molecule has 0 aliphatic carbocycles. The summed E-state index contributed by atoms with van der Waals surface area (Å²) in [5.41, 5.74) is 5.44. The standard InChI is InChI=1S/C31H38N2O3/c1-24(2)33-16-17-35-18-19-36-30-13-12-28(22-29(30)21-26-10-7-11-27(20-26)23-33)31(34)32(3)15-14-25-8-5-4-6-9-25/h4-13,20,22,24H,14-19,21,23H2,1-3H3. The number of rotatable bonds is 5. The Labute approximate surface area is 215 Å². The Hall–Kier alpha value is -3.15. The molecule has 0 saturated carbocycles. The molecule has 0 N–H and O–H groups in total. The van der Waals surface area contributed by atoms with E-state index in [1.807, 2.05) is 43.4 Å². The van der Waals surface area contributed by atoms with Crippen LogP contribution in [-0.2, 0) is 24.1 Å². The molecule has 1 aliphatic heterocycles. The van der Waals surface area contributed by atoms with Crippen molar-refractivity contribution in [1.29, 1.82) is 0 Å². The average Bonchev–Trinajstić information content (AvgIpc) is 2.89. The summed E-state index contributed by atoms with van der Waals surface area (Å²) >= 11 is 0. The summed E-state index contributed by atoms with van der Waals surface area (Å²) < 4.78 is 12.0. The Morgan fingerprint density at radius 3 is 2.56 bits per heavy atom. The SMILES string of the molecule is CC(C)N1CCOCCOc2ccc(C(=O)N(C)CCc3ccccc3)cc2Cc2cccc(c2)C1. The summed E-state index contributed by atoms with van der Waals surface area (Å²) in [6.07, 6.45) is 1.54. The first-order chi connectivity index (χ1) is 17.5. The highest BCUT2D eigenvalue weighted by Crippen LogP contribution is 2.25. The maximum Gasteiger partial charge on any atom is 0.253 e. The summed E-state index contributed by atoms with van der Waals surface area (Å²) in [7, 11) is 1.87. The lowest BCUT2D eigenvalue weighted by Crippen LogP contribution is -2.33. The number of hydrogen-bond acceptors (Lipinski definition) is 4. The topological polar surface area (TPSA) is 42.0 Å². The monoisotopic (exact) mass is 486 g/mol. The van der Waals surface area contributed by atoms with Gasteiger partial charge in [-0.15, -0.1) is 0 Å². The molecule has 5 heteroatoms. The Balaban J connectivity index is 1.54. The Kier molecular flexibility index (Phi) is 9.15. The van der Waals surface area contributed by atoms with Crippen LogP contribution in [0, 0.1) is 0 Å². The van der Waals surface area contributed by atoms with E-state index in [9.17, 15) is 4.79 Å². The normalized spacial score (nSPS) is 15.0. The number of nitrogens with zero attached hydrogens (tertiary/aromatic N) is 2. The Morgan fingerprint density at radius 2 is 1.75 bits per heavy atom. The van der Waals surface area contributed by atoms with Crippen molar-refractivity contribution in [2.75, 3.05) is 40.0 Å². The van der Waals surface area contributed by atoms with Gasteiger partial charge in [-0.05, 0) is 60.7 Å². The van der Waals surface area contributed by atoms with Gasteiger partial charge in [0.2, 0.25) is 0 Å². The predicted molar refractivity (Wildman–Crippen MR) is 145 cm³/mol. The Bertz CT molecular complexity index is 1130. The fourth-order valence-corrected chi connectivity index (χ4v) is 4.56. The molecule has 1 aliphatic rings. The van der Waals surface area contributed by atoms with Crippen LogP contribution in [0.2, 0.25) is 0 Å². The van der Waals surface area contributed by atoms with Crippen LogP contribution in [0.25, 0.3) is 0 Å². The first-order valence-electron chi connectivity index (χ1n) is 12.9. The van der Waals surface area contributed by atoms with E-state index in [2.05, 4.69) is 55.1 Å². The fourth-order valence-electron chi connectivity index (χ4n) is 4.56. The molecular formula is C31H38N2O3. The maximum absolute atomic E-state index is 13.2. The van der Waals surface area contributed by atoms with Crippen molar-refractivity contribution in [3.05, 3.63) is 101 Å². The van der Waals surface area contributed by atoms with Gasteiger partial charge in [-0.1, -0.05) is 54.6 Å². The lowest BCUT2D eigenvalue weighted by atomic mass is 9.99. The second-order valence-electron chi connectivity index (χ2n) is 9.81. The zero-order chi connectivity index (χ0) is 25.3. The maximum atomic E-state index is 13.2. The van der Waals surface area contributed by atoms with E-state index in [1.165, 1.54) is 16.7 Å². The van der Waals surface area contributed by atoms with Crippen molar-refractivity contribution in [2.45, 2.75) is 39.3 Å². The highest BCUT2D eigenvalue weighted by atomic mass is 16.5. The molecule has 5 nitrogen and oxygen atoms in total. The van der Waals surface area contributed by atoms with Crippen LogP contribution in [0.15, 0.2) is 72.8 Å². The summed E-state index contributed by atoms with van der Waals surface area (Å²) in [6.45, 7) is 8.60. The highest BCUT2D eigenvalue weighted by molar-refractivity contribution is 5.94. The summed E-state index contributed by atoms with van der Waals surface area (Å²) in [5, 5.41) is 0. The zero-order valence-electron chi connectivity index (χ0n) is 21.8. The molecule has 1 heterocycles. The quantitative estimate of drug-likeness (QED) is 0.496. The lowest BCUT2D eigenvalue weighted by molar-refractivity contribution is 0.0695. The molecule has 3 aromatic carbocycles. The van der Waals surface area contributed by atoms with Gasteiger partial charge in [-0.2, -0.15) is 0 Å². The van der Waals surface area contributed by atoms with Crippen LogP contribution in [-0.4, -0.2) is 61.7 Å². The minimum absolute atomic E-state index is 0.0257. The van der Waals surface area contributed by atoms with Crippen molar-refractivity contribution in [3.8, 4) is 5.75 Å². The first kappa shape index (κ1) is 25.9. The van der Waals surface area contributed by atoms with E-state index in [1.54, 1.807) is 4.90 Å². The minimum atomic E-state index is 0.0257. The van der Waals surface area contributed by atoms with Crippen molar-refractivity contribution in [3.63, 3.8) is 0 Å². The summed E-state index contributed by atoms with van der Waals surface area (Å²) in [4.78, 5) is 17.5. The molecule has 0 radical (unpaired) electrons. The highest BCUT2D eigenvalue weighted by Gasteiger charge is 2.16. The van der Waals surface area contributed by atoms with Gasteiger partial charge in [0, 0.05) is 44.7 Å². The van der Waals surface area contributed by atoms with Gasteiger partial charge >= 0.3 is 0 Å². The van der Waals surface area contributed by atoms with Crippen LogP contribution >= 0.6 is 0 Å². The number of carbonyl (C=O) groups excluding carboxylic acids is 1. The van der Waals surface area contributed by atoms with E-state index >= 15 is 0 Å². The smallest absolute Gasteiger partial charge is 0.253 e. The largest absolute Gasteiger partial charge is 0.491 e. The van der Waals surface area contributed by atoms with E-state index in [-0.39, 0.29) is 5.91 Å². The summed E-state index contributed by atoms with van der Waals surface area (Å²) in [5.74, 6) is 0.839. The van der Waals surface area contributed by atoms with Crippen molar-refractivity contribution < 1.29 is 14.3 Å². The first-order valence-corrected chi connectivity index (χ1v) is 12.9. The van der Waals surface area contributed by atoms with Gasteiger partial charge in [0.15, 0.2) is 0 Å². The third kappa shape index (κ3) is 7.19. The molecule has 0 fully saturated rings. The van der Waals surface area contributed by atoms with Crippen LogP contribution in [0.5, 0.6) is 5.75 Å². The number of benzene rings is 3. The molecule has 0 aromatic heterocycles. The van der Waals surface area contributed by atoms with Crippen LogP contribution < -0.4 is 4.74 Å². The molecule has 36 heavy (non-hydrogen) atoms. The molecule has 2 bridgehead atoms. The van der Waals surface area contributed by atoms with Gasteiger partial charge in [-0.25, -0.2) is 0 Å². The second kappa shape index (κ2) is 12.7. The molecule has 0 saturated heterocycles. The van der Waals surface area contributed by atoms with Crippen LogP contribution in [0.3, 0.4) is 0 Å². The van der Waals surface area contributed by atoms with Crippen molar-refractivity contribution >= 4 is 5.91 Å². The third-order valence-corrected chi connectivity index (χ3v) is 6.74. The second-order valence-corrected chi connectivity index (χ2v) is 9.81. The van der Waals surface area contributed by atoms with E-state index < -0.39 is 0 Å². The average molecular weight is 487 g/mol. The number of hydrogen-bond donors (Lipinski definition) is 0. The minimum Gasteiger partial charge on any atom is -0.491 e. The molecule has 0 unspecified atom stereocenters. The van der Waals surface area contributed by atoms with Gasteiger partial charge in [0.1, 0.15) is 12.4 Å². The van der Waals surface area contributed by atoms with Crippen molar-refractivity contribution in [2.24, 2.45) is 0 Å². The predicted octanol–water partition coefficient (Wildman–Crippen LogP) is 5.21. The van der Waals surface area contributed by atoms with Gasteiger partial charge in [0.25, 0.3) is 5.91 Å². The molecule has 0 spiro atoms. The fraction of sp³-hybridized carbons (Fsp3) is 0.387. The molecule has 3 aromatic rings. The van der Waals surface area contributed by atoms with Crippen LogP contribution in [0.1, 0.15) is 46.5 Å². The Morgan fingerprint density at radius 1 is 0.944 bits per heavy atom. The molecule has 1 amide bonds. The molecular weight excluding hydrogens is 448 g/mol. The lowest BCUT2D eigenvalue weighted by Gasteiger charge is -2.27. The zero-order valence-corrected chi connectivity index (χ0v) is 21.8.